The quantitative estimate of drug-likeness (QED) is 0.731. The van der Waals surface area contributed by atoms with E-state index in [2.05, 4.69) is 70.3 Å². The third-order valence-electron chi connectivity index (χ3n) is 5.89. The van der Waals surface area contributed by atoms with Crippen LogP contribution in [0.5, 0.6) is 0 Å². The van der Waals surface area contributed by atoms with E-state index in [1.165, 1.54) is 23.3 Å². The third kappa shape index (κ3) is 2.51. The Morgan fingerprint density at radius 1 is 1.18 bits per heavy atom. The van der Waals surface area contributed by atoms with Crippen molar-refractivity contribution in [1.82, 2.24) is 5.06 Å². The first-order chi connectivity index (χ1) is 10.3. The largest absolute Gasteiger partial charge is 0.293 e. The molecular formula is C19H29NOS. The SMILES string of the molecule is CSc1ccccc1C1(C)CC(C)C2C(C1)C(C)(C)ON2C. The molecule has 122 valence electrons. The van der Waals surface area contributed by atoms with Crippen LogP contribution in [0.2, 0.25) is 0 Å². The Hall–Kier alpha value is -0.510. The molecule has 1 saturated carbocycles. The Labute approximate surface area is 139 Å². The summed E-state index contributed by atoms with van der Waals surface area (Å²) in [5.74, 6) is 1.23. The van der Waals surface area contributed by atoms with Crippen LogP contribution in [0.15, 0.2) is 29.2 Å². The lowest BCUT2D eigenvalue weighted by Crippen LogP contribution is -2.48. The van der Waals surface area contributed by atoms with Crippen LogP contribution in [0, 0.1) is 11.8 Å². The number of fused-ring (bicyclic) bond motifs is 1. The van der Waals surface area contributed by atoms with Crippen molar-refractivity contribution in [2.24, 2.45) is 11.8 Å². The fourth-order valence-corrected chi connectivity index (χ4v) is 5.80. The number of rotatable bonds is 2. The highest BCUT2D eigenvalue weighted by atomic mass is 32.2. The van der Waals surface area contributed by atoms with E-state index in [9.17, 15) is 0 Å². The molecule has 1 aromatic carbocycles. The molecule has 3 rings (SSSR count). The zero-order valence-corrected chi connectivity index (χ0v) is 15.5. The van der Waals surface area contributed by atoms with E-state index >= 15 is 0 Å². The Balaban J connectivity index is 2.00. The topological polar surface area (TPSA) is 12.5 Å². The van der Waals surface area contributed by atoms with Crippen molar-refractivity contribution in [3.63, 3.8) is 0 Å². The molecular weight excluding hydrogens is 290 g/mol. The van der Waals surface area contributed by atoms with Crippen molar-refractivity contribution in [1.29, 1.82) is 0 Å². The number of benzene rings is 1. The van der Waals surface area contributed by atoms with Crippen LogP contribution in [0.25, 0.3) is 0 Å². The second-order valence-corrected chi connectivity index (χ2v) is 8.83. The average Bonchev–Trinajstić information content (AvgIpc) is 2.68. The molecule has 0 bridgehead atoms. The van der Waals surface area contributed by atoms with Crippen molar-refractivity contribution < 1.29 is 4.84 Å². The van der Waals surface area contributed by atoms with E-state index in [0.29, 0.717) is 17.9 Å². The van der Waals surface area contributed by atoms with Crippen molar-refractivity contribution >= 4 is 11.8 Å². The van der Waals surface area contributed by atoms with Crippen LogP contribution < -0.4 is 0 Å². The smallest absolute Gasteiger partial charge is 0.0887 e. The molecule has 2 aliphatic rings. The van der Waals surface area contributed by atoms with Gasteiger partial charge >= 0.3 is 0 Å². The summed E-state index contributed by atoms with van der Waals surface area (Å²) >= 11 is 1.87. The van der Waals surface area contributed by atoms with Gasteiger partial charge in [0.15, 0.2) is 0 Å². The minimum Gasteiger partial charge on any atom is -0.293 e. The maximum atomic E-state index is 6.18. The van der Waals surface area contributed by atoms with Gasteiger partial charge in [-0.25, -0.2) is 0 Å². The molecule has 1 aliphatic carbocycles. The highest BCUT2D eigenvalue weighted by molar-refractivity contribution is 7.98. The van der Waals surface area contributed by atoms with Crippen molar-refractivity contribution in [2.75, 3.05) is 13.3 Å². The van der Waals surface area contributed by atoms with E-state index in [4.69, 9.17) is 4.84 Å². The molecule has 2 fully saturated rings. The summed E-state index contributed by atoms with van der Waals surface area (Å²) in [6, 6.07) is 9.50. The normalized spacial score (nSPS) is 38.0. The molecule has 1 saturated heterocycles. The van der Waals surface area contributed by atoms with Gasteiger partial charge in [0, 0.05) is 23.9 Å². The van der Waals surface area contributed by atoms with Gasteiger partial charge in [-0.3, -0.25) is 4.84 Å². The van der Waals surface area contributed by atoms with Gasteiger partial charge in [-0.15, -0.1) is 11.8 Å². The van der Waals surface area contributed by atoms with Crippen molar-refractivity contribution in [3.8, 4) is 0 Å². The molecule has 4 atom stereocenters. The molecule has 1 aromatic rings. The Kier molecular flexibility index (Phi) is 4.12. The summed E-state index contributed by atoms with van der Waals surface area (Å²) in [4.78, 5) is 7.61. The zero-order chi connectivity index (χ0) is 16.1. The summed E-state index contributed by atoms with van der Waals surface area (Å²) in [6.07, 6.45) is 4.63. The van der Waals surface area contributed by atoms with Crippen LogP contribution in [-0.4, -0.2) is 30.0 Å². The first-order valence-corrected chi connectivity index (χ1v) is 9.56. The van der Waals surface area contributed by atoms with Crippen LogP contribution >= 0.6 is 11.8 Å². The van der Waals surface area contributed by atoms with E-state index in [1.54, 1.807) is 0 Å². The summed E-state index contributed by atoms with van der Waals surface area (Å²) < 4.78 is 0. The third-order valence-corrected chi connectivity index (χ3v) is 6.68. The molecule has 3 heteroatoms. The average molecular weight is 320 g/mol. The molecule has 22 heavy (non-hydrogen) atoms. The summed E-state index contributed by atoms with van der Waals surface area (Å²) in [5, 5.41) is 2.13. The van der Waals surface area contributed by atoms with Gasteiger partial charge in [-0.05, 0) is 55.9 Å². The lowest BCUT2D eigenvalue weighted by molar-refractivity contribution is -0.182. The van der Waals surface area contributed by atoms with Gasteiger partial charge in [0.2, 0.25) is 0 Å². The number of hydrogen-bond donors (Lipinski definition) is 0. The first kappa shape index (κ1) is 16.4. The van der Waals surface area contributed by atoms with Gasteiger partial charge in [-0.1, -0.05) is 32.0 Å². The number of hydroxylamine groups is 2. The highest BCUT2D eigenvalue weighted by Gasteiger charge is 2.55. The van der Waals surface area contributed by atoms with Gasteiger partial charge < -0.3 is 0 Å². The van der Waals surface area contributed by atoms with Crippen LogP contribution in [0.4, 0.5) is 0 Å². The summed E-state index contributed by atoms with van der Waals surface area (Å²) in [7, 11) is 2.11. The van der Waals surface area contributed by atoms with E-state index < -0.39 is 0 Å². The molecule has 0 aromatic heterocycles. The molecule has 4 unspecified atom stereocenters. The number of nitrogens with zero attached hydrogens (tertiary/aromatic N) is 1. The van der Waals surface area contributed by atoms with Crippen LogP contribution in [0.1, 0.15) is 46.1 Å². The Bertz CT molecular complexity index is 558. The van der Waals surface area contributed by atoms with Crippen molar-refractivity contribution in [3.05, 3.63) is 29.8 Å². The molecule has 2 nitrogen and oxygen atoms in total. The summed E-state index contributed by atoms with van der Waals surface area (Å²) in [5.41, 5.74) is 1.70. The van der Waals surface area contributed by atoms with E-state index in [0.717, 1.165) is 0 Å². The maximum Gasteiger partial charge on any atom is 0.0887 e. The molecule has 0 amide bonds. The van der Waals surface area contributed by atoms with Gasteiger partial charge in [0.1, 0.15) is 0 Å². The first-order valence-electron chi connectivity index (χ1n) is 8.34. The fraction of sp³-hybridized carbons (Fsp3) is 0.684. The number of thioether (sulfide) groups is 1. The maximum absolute atomic E-state index is 6.18. The predicted octanol–water partition coefficient (Wildman–Crippen LogP) is 4.74. The highest BCUT2D eigenvalue weighted by Crippen LogP contribution is 2.54. The second-order valence-electron chi connectivity index (χ2n) is 7.98. The van der Waals surface area contributed by atoms with Gasteiger partial charge in [0.05, 0.1) is 5.60 Å². The number of hydrogen-bond acceptors (Lipinski definition) is 3. The molecule has 0 spiro atoms. The molecule has 0 radical (unpaired) electrons. The standard InChI is InChI=1S/C19H29NOS/c1-13-11-19(4,14-9-7-8-10-16(14)22-6)12-15-17(13)20(5)21-18(15,2)3/h7-10,13,15,17H,11-12H2,1-6H3. The van der Waals surface area contributed by atoms with Crippen LogP contribution in [0.3, 0.4) is 0 Å². The lowest BCUT2D eigenvalue weighted by Gasteiger charge is -2.47. The van der Waals surface area contributed by atoms with Crippen molar-refractivity contribution in [2.45, 2.75) is 62.5 Å². The second kappa shape index (κ2) is 5.54. The summed E-state index contributed by atoms with van der Waals surface area (Å²) in [6.45, 7) is 9.38. The van der Waals surface area contributed by atoms with E-state index in [-0.39, 0.29) is 11.0 Å². The fourth-order valence-electron chi connectivity index (χ4n) is 5.05. The Morgan fingerprint density at radius 2 is 1.86 bits per heavy atom. The minimum atomic E-state index is -0.0658. The monoisotopic (exact) mass is 319 g/mol. The van der Waals surface area contributed by atoms with Crippen LogP contribution in [-0.2, 0) is 10.3 Å². The molecule has 0 N–H and O–H groups in total. The Morgan fingerprint density at radius 3 is 2.55 bits per heavy atom. The zero-order valence-electron chi connectivity index (χ0n) is 14.7. The molecule has 1 heterocycles. The van der Waals surface area contributed by atoms with E-state index in [1.807, 2.05) is 11.8 Å². The lowest BCUT2D eigenvalue weighted by atomic mass is 9.59. The predicted molar refractivity (Wildman–Crippen MR) is 94.2 cm³/mol. The van der Waals surface area contributed by atoms with Gasteiger partial charge in [-0.2, -0.15) is 5.06 Å². The van der Waals surface area contributed by atoms with Gasteiger partial charge in [0.25, 0.3) is 0 Å². The molecule has 1 aliphatic heterocycles. The minimum absolute atomic E-state index is 0.0658.